The predicted molar refractivity (Wildman–Crippen MR) is 129 cm³/mol. The number of carbonyl (C=O) groups excluding carboxylic acids is 2. The van der Waals surface area contributed by atoms with E-state index >= 15 is 0 Å². The van der Waals surface area contributed by atoms with Crippen LogP contribution in [0.2, 0.25) is 0 Å². The smallest absolute Gasteiger partial charge is 0.254 e. The summed E-state index contributed by atoms with van der Waals surface area (Å²) in [6, 6.07) is 11.7. The van der Waals surface area contributed by atoms with Crippen molar-refractivity contribution in [3.8, 4) is 0 Å². The van der Waals surface area contributed by atoms with Gasteiger partial charge in [0.05, 0.1) is 11.6 Å². The predicted octanol–water partition coefficient (Wildman–Crippen LogP) is 3.23. The van der Waals surface area contributed by atoms with E-state index in [-0.39, 0.29) is 17.2 Å². The molecule has 3 aliphatic heterocycles. The van der Waals surface area contributed by atoms with Crippen LogP contribution in [0.4, 0.5) is 11.5 Å². The van der Waals surface area contributed by atoms with Crippen LogP contribution in [0.25, 0.3) is 0 Å². The first-order valence-electron chi connectivity index (χ1n) is 11.8. The molecular formula is C26H28N6O2. The van der Waals surface area contributed by atoms with E-state index in [9.17, 15) is 9.59 Å². The molecular weight excluding hydrogens is 428 g/mol. The molecule has 1 fully saturated rings. The molecule has 3 aromatic rings. The molecule has 0 atom stereocenters. The van der Waals surface area contributed by atoms with Gasteiger partial charge in [0, 0.05) is 60.3 Å². The number of nitrogens with one attached hydrogen (secondary N) is 2. The Kier molecular flexibility index (Phi) is 4.56. The van der Waals surface area contributed by atoms with Gasteiger partial charge in [0.15, 0.2) is 0 Å². The van der Waals surface area contributed by atoms with Crippen LogP contribution < -0.4 is 10.2 Å². The molecule has 1 saturated heterocycles. The number of hydrogen-bond acceptors (Lipinski definition) is 5. The number of fused-ring (bicyclic) bond motifs is 3. The van der Waals surface area contributed by atoms with Gasteiger partial charge in [-0.15, -0.1) is 0 Å². The van der Waals surface area contributed by atoms with Gasteiger partial charge in [0.2, 0.25) is 5.91 Å². The van der Waals surface area contributed by atoms with Crippen molar-refractivity contribution in [3.05, 3.63) is 71.2 Å². The lowest BCUT2D eigenvalue weighted by Gasteiger charge is -2.39. The molecule has 34 heavy (non-hydrogen) atoms. The molecule has 8 heteroatoms. The topological polar surface area (TPSA) is 94.2 Å². The fourth-order valence-corrected chi connectivity index (χ4v) is 5.87. The van der Waals surface area contributed by atoms with E-state index < -0.39 is 5.41 Å². The number of para-hydroxylation sites is 1. The highest BCUT2D eigenvalue weighted by molar-refractivity contribution is 6.06. The third-order valence-electron chi connectivity index (χ3n) is 7.69. The quantitative estimate of drug-likeness (QED) is 0.618. The molecule has 8 nitrogen and oxygen atoms in total. The van der Waals surface area contributed by atoms with Gasteiger partial charge in [0.25, 0.3) is 5.91 Å². The van der Waals surface area contributed by atoms with Crippen molar-refractivity contribution >= 4 is 23.3 Å². The number of carbonyl (C=O) groups is 2. The van der Waals surface area contributed by atoms with Crippen molar-refractivity contribution in [1.82, 2.24) is 20.1 Å². The first kappa shape index (κ1) is 20.9. The largest absolute Gasteiger partial charge is 0.357 e. The SMILES string of the molecule is CC1(C)CN(C(=O)c2ccnc(N3CCC4(CC3)C(=O)Nc3ccccc34)c2)Cc2cn[nH]c21. The maximum atomic E-state index is 13.4. The number of amides is 2. The van der Waals surface area contributed by atoms with Gasteiger partial charge in [0.1, 0.15) is 5.82 Å². The molecule has 0 unspecified atom stereocenters. The van der Waals surface area contributed by atoms with Crippen LogP contribution in [-0.4, -0.2) is 51.5 Å². The first-order valence-corrected chi connectivity index (χ1v) is 11.8. The lowest BCUT2D eigenvalue weighted by molar-refractivity contribution is -0.121. The van der Waals surface area contributed by atoms with Gasteiger partial charge in [-0.2, -0.15) is 5.10 Å². The van der Waals surface area contributed by atoms with Gasteiger partial charge in [-0.05, 0) is 36.6 Å². The van der Waals surface area contributed by atoms with Crippen molar-refractivity contribution in [2.45, 2.75) is 44.1 Å². The summed E-state index contributed by atoms with van der Waals surface area (Å²) in [5.74, 6) is 0.880. The number of pyridine rings is 1. The zero-order valence-corrected chi connectivity index (χ0v) is 19.5. The highest BCUT2D eigenvalue weighted by Gasteiger charge is 2.48. The highest BCUT2D eigenvalue weighted by atomic mass is 16.2. The standard InChI is InChI=1S/C26H28N6O2/c1-25(2)16-32(15-18-14-28-30-22(18)25)23(33)17-7-10-27-21(13-17)31-11-8-26(9-12-31)19-5-3-4-6-20(19)29-24(26)34/h3-7,10,13-14H,8-9,11-12,15-16H2,1-2H3,(H,28,30)(H,29,34). The molecule has 0 aliphatic carbocycles. The lowest BCUT2D eigenvalue weighted by Crippen LogP contribution is -2.47. The average Bonchev–Trinajstić information content (AvgIpc) is 3.43. The molecule has 174 valence electrons. The third-order valence-corrected chi connectivity index (χ3v) is 7.69. The van der Waals surface area contributed by atoms with E-state index in [1.54, 1.807) is 12.3 Å². The number of hydrogen-bond donors (Lipinski definition) is 2. The molecule has 6 rings (SSSR count). The molecule has 1 spiro atoms. The number of aromatic nitrogens is 3. The Morgan fingerprint density at radius 1 is 1.12 bits per heavy atom. The van der Waals surface area contributed by atoms with Gasteiger partial charge in [-0.1, -0.05) is 32.0 Å². The number of benzene rings is 1. The molecule has 2 amide bonds. The number of anilines is 2. The van der Waals surface area contributed by atoms with E-state index in [4.69, 9.17) is 0 Å². The van der Waals surface area contributed by atoms with Gasteiger partial charge in [-0.3, -0.25) is 14.7 Å². The third kappa shape index (κ3) is 3.12. The molecule has 1 aromatic carbocycles. The number of rotatable bonds is 2. The Morgan fingerprint density at radius 2 is 1.91 bits per heavy atom. The molecule has 2 aromatic heterocycles. The number of aromatic amines is 1. The summed E-state index contributed by atoms with van der Waals surface area (Å²) < 4.78 is 0. The minimum atomic E-state index is -0.470. The Bertz CT molecular complexity index is 1290. The molecule has 3 aliphatic rings. The maximum Gasteiger partial charge on any atom is 0.254 e. The normalized spacial score (nSPS) is 20.1. The molecule has 2 N–H and O–H groups in total. The second-order valence-electron chi connectivity index (χ2n) is 10.3. The zero-order valence-electron chi connectivity index (χ0n) is 19.5. The number of nitrogens with zero attached hydrogens (tertiary/aromatic N) is 4. The van der Waals surface area contributed by atoms with Crippen LogP contribution in [0.1, 0.15) is 53.9 Å². The van der Waals surface area contributed by atoms with Crippen LogP contribution in [0.3, 0.4) is 0 Å². The average molecular weight is 457 g/mol. The van der Waals surface area contributed by atoms with Gasteiger partial charge in [-0.25, -0.2) is 4.98 Å². The van der Waals surface area contributed by atoms with E-state index in [1.165, 1.54) is 0 Å². The highest BCUT2D eigenvalue weighted by Crippen LogP contribution is 2.45. The summed E-state index contributed by atoms with van der Waals surface area (Å²) in [6.07, 6.45) is 4.97. The lowest BCUT2D eigenvalue weighted by atomic mass is 9.73. The first-order chi connectivity index (χ1) is 16.4. The number of piperidine rings is 1. The van der Waals surface area contributed by atoms with Crippen molar-refractivity contribution in [3.63, 3.8) is 0 Å². The Balaban J connectivity index is 1.20. The summed E-state index contributed by atoms with van der Waals surface area (Å²) in [5, 5.41) is 10.3. The molecule has 0 bridgehead atoms. The molecule has 5 heterocycles. The summed E-state index contributed by atoms with van der Waals surface area (Å²) >= 11 is 0. The van der Waals surface area contributed by atoms with E-state index in [1.807, 2.05) is 35.4 Å². The fraction of sp³-hybridized carbons (Fsp3) is 0.385. The van der Waals surface area contributed by atoms with Crippen molar-refractivity contribution in [1.29, 1.82) is 0 Å². The van der Waals surface area contributed by atoms with E-state index in [2.05, 4.69) is 45.3 Å². The van der Waals surface area contributed by atoms with Crippen molar-refractivity contribution in [2.75, 3.05) is 29.9 Å². The van der Waals surface area contributed by atoms with Gasteiger partial charge >= 0.3 is 0 Å². The summed E-state index contributed by atoms with van der Waals surface area (Å²) in [7, 11) is 0. The Labute approximate surface area is 198 Å². The summed E-state index contributed by atoms with van der Waals surface area (Å²) in [4.78, 5) is 35.0. The number of H-pyrrole nitrogens is 1. The second kappa shape index (κ2) is 7.41. The zero-order chi connectivity index (χ0) is 23.5. The Hall–Kier alpha value is -3.68. The Morgan fingerprint density at radius 3 is 2.74 bits per heavy atom. The molecule has 0 radical (unpaired) electrons. The second-order valence-corrected chi connectivity index (χ2v) is 10.3. The summed E-state index contributed by atoms with van der Waals surface area (Å²) in [6.45, 7) is 6.85. The van der Waals surface area contributed by atoms with Crippen LogP contribution in [-0.2, 0) is 22.2 Å². The van der Waals surface area contributed by atoms with Crippen molar-refractivity contribution < 1.29 is 9.59 Å². The minimum absolute atomic E-state index is 0.00107. The fourth-order valence-electron chi connectivity index (χ4n) is 5.87. The van der Waals surface area contributed by atoms with Crippen molar-refractivity contribution in [2.24, 2.45) is 0 Å². The van der Waals surface area contributed by atoms with Crippen LogP contribution >= 0.6 is 0 Å². The van der Waals surface area contributed by atoms with E-state index in [0.717, 1.165) is 41.2 Å². The minimum Gasteiger partial charge on any atom is -0.357 e. The van der Waals surface area contributed by atoms with Crippen LogP contribution in [0.15, 0.2) is 48.8 Å². The van der Waals surface area contributed by atoms with Crippen LogP contribution in [0.5, 0.6) is 0 Å². The molecule has 0 saturated carbocycles. The van der Waals surface area contributed by atoms with Crippen LogP contribution in [0, 0.1) is 0 Å². The maximum absolute atomic E-state index is 13.4. The monoisotopic (exact) mass is 456 g/mol. The summed E-state index contributed by atoms with van der Waals surface area (Å²) in [5.41, 5.74) is 4.18. The van der Waals surface area contributed by atoms with Gasteiger partial charge < -0.3 is 15.1 Å². The van der Waals surface area contributed by atoms with E-state index in [0.29, 0.717) is 31.7 Å².